The van der Waals surface area contributed by atoms with E-state index in [-0.39, 0.29) is 23.3 Å². The molecule has 2 aromatic carbocycles. The minimum atomic E-state index is -0.180. The van der Waals surface area contributed by atoms with Crippen LogP contribution in [0.2, 0.25) is 0 Å². The van der Waals surface area contributed by atoms with E-state index in [1.807, 2.05) is 35.2 Å². The van der Waals surface area contributed by atoms with Gasteiger partial charge in [0, 0.05) is 11.7 Å². The Labute approximate surface area is 149 Å². The summed E-state index contributed by atoms with van der Waals surface area (Å²) in [6, 6.07) is 15.3. The van der Waals surface area contributed by atoms with E-state index in [0.29, 0.717) is 16.1 Å². The summed E-state index contributed by atoms with van der Waals surface area (Å²) in [7, 11) is 0. The summed E-state index contributed by atoms with van der Waals surface area (Å²) in [5, 5.41) is 1.03. The number of aromatic nitrogens is 2. The van der Waals surface area contributed by atoms with Crippen LogP contribution in [0.4, 0.5) is 5.69 Å². The number of thioether (sulfide) groups is 1. The highest BCUT2D eigenvalue weighted by molar-refractivity contribution is 7.99. The Morgan fingerprint density at radius 3 is 2.88 bits per heavy atom. The Balaban J connectivity index is 1.54. The molecule has 5 nitrogen and oxygen atoms in total. The summed E-state index contributed by atoms with van der Waals surface area (Å²) in [4.78, 5) is 33.9. The number of benzene rings is 2. The molecule has 0 spiro atoms. The van der Waals surface area contributed by atoms with Crippen LogP contribution < -0.4 is 10.5 Å². The number of para-hydroxylation sites is 2. The Kier molecular flexibility index (Phi) is 4.05. The molecule has 6 heteroatoms. The predicted octanol–water partition coefficient (Wildman–Crippen LogP) is 2.99. The first-order chi connectivity index (χ1) is 12.1. The Morgan fingerprint density at radius 2 is 2.00 bits per heavy atom. The van der Waals surface area contributed by atoms with E-state index in [4.69, 9.17) is 0 Å². The molecule has 1 aliphatic heterocycles. The van der Waals surface area contributed by atoms with Crippen LogP contribution in [0, 0.1) is 0 Å². The molecule has 25 heavy (non-hydrogen) atoms. The van der Waals surface area contributed by atoms with Crippen LogP contribution in [0.1, 0.15) is 12.5 Å². The molecule has 1 atom stereocenters. The second-order valence-electron chi connectivity index (χ2n) is 6.12. The topological polar surface area (TPSA) is 66.1 Å². The second-order valence-corrected chi connectivity index (χ2v) is 7.09. The van der Waals surface area contributed by atoms with Crippen molar-refractivity contribution in [1.29, 1.82) is 0 Å². The van der Waals surface area contributed by atoms with Gasteiger partial charge in [-0.2, -0.15) is 0 Å². The van der Waals surface area contributed by atoms with Gasteiger partial charge in [-0.25, -0.2) is 4.98 Å². The summed E-state index contributed by atoms with van der Waals surface area (Å²) in [5.41, 5.74) is 2.65. The summed E-state index contributed by atoms with van der Waals surface area (Å²) >= 11 is 1.26. The maximum absolute atomic E-state index is 12.7. The van der Waals surface area contributed by atoms with E-state index in [0.717, 1.165) is 12.1 Å². The van der Waals surface area contributed by atoms with E-state index in [9.17, 15) is 9.59 Å². The lowest BCUT2D eigenvalue weighted by Crippen LogP contribution is -2.37. The van der Waals surface area contributed by atoms with Gasteiger partial charge in [-0.1, -0.05) is 42.1 Å². The maximum Gasteiger partial charge on any atom is 0.259 e. The highest BCUT2D eigenvalue weighted by atomic mass is 32.2. The lowest BCUT2D eigenvalue weighted by Gasteiger charge is -2.22. The molecule has 0 aliphatic carbocycles. The molecule has 1 amide bonds. The van der Waals surface area contributed by atoms with Gasteiger partial charge in [0.15, 0.2) is 5.16 Å². The number of aromatic amines is 1. The van der Waals surface area contributed by atoms with Crippen LogP contribution >= 0.6 is 11.8 Å². The van der Waals surface area contributed by atoms with Gasteiger partial charge in [0.05, 0.1) is 16.7 Å². The second kappa shape index (κ2) is 6.37. The van der Waals surface area contributed by atoms with Crippen LogP contribution in [0.5, 0.6) is 0 Å². The van der Waals surface area contributed by atoms with Crippen molar-refractivity contribution in [3.63, 3.8) is 0 Å². The van der Waals surface area contributed by atoms with E-state index >= 15 is 0 Å². The van der Waals surface area contributed by atoms with Crippen LogP contribution in [0.3, 0.4) is 0 Å². The largest absolute Gasteiger partial charge is 0.308 e. The fourth-order valence-corrected chi connectivity index (χ4v) is 4.01. The number of anilines is 1. The Bertz CT molecular complexity index is 1010. The number of nitrogens with one attached hydrogen (secondary N) is 1. The van der Waals surface area contributed by atoms with Crippen LogP contribution in [-0.4, -0.2) is 27.7 Å². The fourth-order valence-electron chi connectivity index (χ4n) is 3.28. The summed E-state index contributed by atoms with van der Waals surface area (Å²) in [6.45, 7) is 2.05. The highest BCUT2D eigenvalue weighted by Gasteiger charge is 2.30. The maximum atomic E-state index is 12.7. The predicted molar refractivity (Wildman–Crippen MR) is 100 cm³/mol. The molecule has 1 unspecified atom stereocenters. The quantitative estimate of drug-likeness (QED) is 0.582. The van der Waals surface area contributed by atoms with Crippen molar-refractivity contribution in [3.8, 4) is 0 Å². The van der Waals surface area contributed by atoms with Crippen molar-refractivity contribution < 1.29 is 4.79 Å². The standard InChI is InChI=1S/C19H17N3O2S/c1-12-10-13-6-2-5-9-16(13)22(12)17(23)11-25-19-20-15-8-4-3-7-14(15)18(24)21-19/h2-9,12H,10-11H2,1H3,(H,20,21,24). The zero-order valence-electron chi connectivity index (χ0n) is 13.7. The monoisotopic (exact) mass is 351 g/mol. The molecule has 3 aromatic rings. The number of hydrogen-bond acceptors (Lipinski definition) is 4. The third kappa shape index (κ3) is 2.93. The molecule has 0 saturated carbocycles. The number of nitrogens with zero attached hydrogens (tertiary/aromatic N) is 2. The van der Waals surface area contributed by atoms with Crippen molar-refractivity contribution in [3.05, 3.63) is 64.4 Å². The third-order valence-corrected chi connectivity index (χ3v) is 5.26. The number of H-pyrrole nitrogens is 1. The van der Waals surface area contributed by atoms with Crippen LogP contribution in [0.15, 0.2) is 58.5 Å². The average Bonchev–Trinajstić information content (AvgIpc) is 2.95. The minimum Gasteiger partial charge on any atom is -0.308 e. The fraction of sp³-hybridized carbons (Fsp3) is 0.211. The zero-order chi connectivity index (χ0) is 17.4. The number of fused-ring (bicyclic) bond motifs is 2. The zero-order valence-corrected chi connectivity index (χ0v) is 14.5. The number of hydrogen-bond donors (Lipinski definition) is 1. The number of carbonyl (C=O) groups is 1. The lowest BCUT2D eigenvalue weighted by molar-refractivity contribution is -0.116. The lowest BCUT2D eigenvalue weighted by atomic mass is 10.1. The smallest absolute Gasteiger partial charge is 0.259 e. The van der Waals surface area contributed by atoms with E-state index < -0.39 is 0 Å². The molecule has 1 N–H and O–H groups in total. The normalized spacial score (nSPS) is 16.2. The molecule has 1 aliphatic rings. The molecule has 0 bridgehead atoms. The SMILES string of the molecule is CC1Cc2ccccc2N1C(=O)CSc1nc2ccccc2c(=O)[nH]1. The number of carbonyl (C=O) groups excluding carboxylic acids is 1. The van der Waals surface area contributed by atoms with E-state index in [1.165, 1.54) is 17.3 Å². The van der Waals surface area contributed by atoms with Crippen LogP contribution in [-0.2, 0) is 11.2 Å². The summed E-state index contributed by atoms with van der Waals surface area (Å²) in [6.07, 6.45) is 0.873. The van der Waals surface area contributed by atoms with Gasteiger partial charge in [0.2, 0.25) is 5.91 Å². The Hall–Kier alpha value is -2.60. The highest BCUT2D eigenvalue weighted by Crippen LogP contribution is 2.32. The van der Waals surface area contributed by atoms with Gasteiger partial charge >= 0.3 is 0 Å². The van der Waals surface area contributed by atoms with Crippen molar-refractivity contribution in [2.75, 3.05) is 10.7 Å². The third-order valence-electron chi connectivity index (χ3n) is 4.40. The van der Waals surface area contributed by atoms with Gasteiger partial charge in [0.25, 0.3) is 5.56 Å². The molecule has 0 saturated heterocycles. The first-order valence-electron chi connectivity index (χ1n) is 8.15. The summed E-state index contributed by atoms with van der Waals surface area (Å²) in [5.74, 6) is 0.262. The van der Waals surface area contributed by atoms with Gasteiger partial charge in [0.1, 0.15) is 0 Å². The van der Waals surface area contributed by atoms with Crippen molar-refractivity contribution in [1.82, 2.24) is 9.97 Å². The van der Waals surface area contributed by atoms with Crippen molar-refractivity contribution >= 4 is 34.3 Å². The van der Waals surface area contributed by atoms with Gasteiger partial charge in [-0.05, 0) is 37.1 Å². The van der Waals surface area contributed by atoms with E-state index in [1.54, 1.807) is 12.1 Å². The molecule has 4 rings (SSSR count). The molecule has 126 valence electrons. The van der Waals surface area contributed by atoms with Gasteiger partial charge < -0.3 is 9.88 Å². The molecule has 0 radical (unpaired) electrons. The van der Waals surface area contributed by atoms with Crippen LogP contribution in [0.25, 0.3) is 10.9 Å². The van der Waals surface area contributed by atoms with Gasteiger partial charge in [-0.15, -0.1) is 0 Å². The van der Waals surface area contributed by atoms with Crippen molar-refractivity contribution in [2.45, 2.75) is 24.5 Å². The molecular weight excluding hydrogens is 334 g/mol. The molecule has 1 aromatic heterocycles. The summed E-state index contributed by atoms with van der Waals surface area (Å²) < 4.78 is 0. The molecule has 2 heterocycles. The first kappa shape index (κ1) is 15.9. The Morgan fingerprint density at radius 1 is 1.24 bits per heavy atom. The molecular formula is C19H17N3O2S. The number of amides is 1. The minimum absolute atomic E-state index is 0.0262. The molecule has 0 fully saturated rings. The first-order valence-corrected chi connectivity index (χ1v) is 9.14. The van der Waals surface area contributed by atoms with E-state index in [2.05, 4.69) is 23.0 Å². The average molecular weight is 351 g/mol. The van der Waals surface area contributed by atoms with Crippen molar-refractivity contribution in [2.24, 2.45) is 0 Å². The number of rotatable bonds is 3. The van der Waals surface area contributed by atoms with Gasteiger partial charge in [-0.3, -0.25) is 9.59 Å².